The molecule has 23 heavy (non-hydrogen) atoms. The predicted octanol–water partition coefficient (Wildman–Crippen LogP) is 1.02. The van der Waals surface area contributed by atoms with E-state index in [-0.39, 0.29) is 23.2 Å². The summed E-state index contributed by atoms with van der Waals surface area (Å²) in [6, 6.07) is 2.61. The van der Waals surface area contributed by atoms with Crippen molar-refractivity contribution in [1.29, 1.82) is 0 Å². The van der Waals surface area contributed by atoms with E-state index in [1.807, 2.05) is 0 Å². The van der Waals surface area contributed by atoms with Crippen LogP contribution >= 0.6 is 0 Å². The molecule has 2 aromatic rings. The van der Waals surface area contributed by atoms with Gasteiger partial charge in [0.15, 0.2) is 5.82 Å². The molecular weight excluding hydrogens is 298 g/mol. The number of hydrogen-bond acceptors (Lipinski definition) is 6. The molecule has 4 rings (SSSR count). The topological polar surface area (TPSA) is 94.1 Å². The van der Waals surface area contributed by atoms with Gasteiger partial charge in [-0.3, -0.25) is 9.59 Å². The molecular formula is C15H17N5O3. The molecule has 2 aromatic heterocycles. The Balaban J connectivity index is 1.59. The summed E-state index contributed by atoms with van der Waals surface area (Å²) in [4.78, 5) is 30.3. The maximum atomic E-state index is 12.7. The van der Waals surface area contributed by atoms with Crippen LogP contribution in [-0.4, -0.2) is 37.3 Å². The minimum Gasteiger partial charge on any atom is -0.337 e. The van der Waals surface area contributed by atoms with Gasteiger partial charge in [0, 0.05) is 25.6 Å². The van der Waals surface area contributed by atoms with E-state index in [1.54, 1.807) is 4.90 Å². The monoisotopic (exact) mass is 315 g/mol. The molecule has 0 spiro atoms. The SMILES string of the molecule is Cn1nc(C(=O)N2CCCC2c2nc(C3CC3)no2)ccc1=O. The average molecular weight is 315 g/mol. The van der Waals surface area contributed by atoms with E-state index in [4.69, 9.17) is 4.52 Å². The number of carbonyl (C=O) groups excluding carboxylic acids is 1. The van der Waals surface area contributed by atoms with Gasteiger partial charge in [0.25, 0.3) is 11.5 Å². The highest BCUT2D eigenvalue weighted by atomic mass is 16.5. The molecule has 2 fully saturated rings. The van der Waals surface area contributed by atoms with Crippen LogP contribution in [0.4, 0.5) is 0 Å². The van der Waals surface area contributed by atoms with Crippen molar-refractivity contribution < 1.29 is 9.32 Å². The third kappa shape index (κ3) is 2.54. The van der Waals surface area contributed by atoms with Crippen molar-refractivity contribution >= 4 is 5.91 Å². The van der Waals surface area contributed by atoms with E-state index in [1.165, 1.54) is 19.2 Å². The van der Waals surface area contributed by atoms with Gasteiger partial charge in [-0.2, -0.15) is 10.1 Å². The zero-order valence-electron chi connectivity index (χ0n) is 12.8. The van der Waals surface area contributed by atoms with Gasteiger partial charge >= 0.3 is 0 Å². The third-order valence-corrected chi connectivity index (χ3v) is 4.38. The van der Waals surface area contributed by atoms with E-state index in [0.717, 1.165) is 36.2 Å². The number of carbonyl (C=O) groups is 1. The van der Waals surface area contributed by atoms with E-state index in [9.17, 15) is 9.59 Å². The van der Waals surface area contributed by atoms with Crippen LogP contribution in [0.15, 0.2) is 21.5 Å². The Hall–Kier alpha value is -2.51. The van der Waals surface area contributed by atoms with Crippen LogP contribution in [0.25, 0.3) is 0 Å². The summed E-state index contributed by atoms with van der Waals surface area (Å²) >= 11 is 0. The fourth-order valence-electron chi connectivity index (χ4n) is 2.92. The molecule has 0 radical (unpaired) electrons. The molecule has 2 aliphatic rings. The standard InChI is InChI=1S/C15H17N5O3/c1-19-12(21)7-6-10(17-19)15(22)20-8-2-3-11(20)14-16-13(18-23-14)9-4-5-9/h6-7,9,11H,2-5,8H2,1H3. The second-order valence-electron chi connectivity index (χ2n) is 6.10. The van der Waals surface area contributed by atoms with Crippen molar-refractivity contribution in [3.63, 3.8) is 0 Å². The summed E-state index contributed by atoms with van der Waals surface area (Å²) in [5, 5.41) is 8.06. The fraction of sp³-hybridized carbons (Fsp3) is 0.533. The van der Waals surface area contributed by atoms with Crippen LogP contribution in [-0.2, 0) is 7.05 Å². The van der Waals surface area contributed by atoms with E-state index >= 15 is 0 Å². The van der Waals surface area contributed by atoms with Crippen LogP contribution in [0.5, 0.6) is 0 Å². The first-order chi connectivity index (χ1) is 11.1. The summed E-state index contributed by atoms with van der Waals surface area (Å²) in [5.41, 5.74) is 0.00595. The van der Waals surface area contributed by atoms with E-state index in [0.29, 0.717) is 18.4 Å². The number of aryl methyl sites for hydroxylation is 1. The highest BCUT2D eigenvalue weighted by Crippen LogP contribution is 2.39. The molecule has 8 heteroatoms. The zero-order valence-corrected chi connectivity index (χ0v) is 12.8. The molecule has 1 saturated carbocycles. The van der Waals surface area contributed by atoms with Gasteiger partial charge in [-0.1, -0.05) is 5.16 Å². The van der Waals surface area contributed by atoms with Gasteiger partial charge in [-0.15, -0.1) is 0 Å². The minimum atomic E-state index is -0.245. The molecule has 8 nitrogen and oxygen atoms in total. The summed E-state index contributed by atoms with van der Waals surface area (Å²) in [6.45, 7) is 0.620. The Bertz CT molecular complexity index is 807. The van der Waals surface area contributed by atoms with Crippen LogP contribution in [0.2, 0.25) is 0 Å². The Labute approximate surface area is 132 Å². The van der Waals surface area contributed by atoms with Gasteiger partial charge in [-0.05, 0) is 31.7 Å². The lowest BCUT2D eigenvalue weighted by atomic mass is 10.2. The maximum Gasteiger partial charge on any atom is 0.274 e. The van der Waals surface area contributed by atoms with E-state index in [2.05, 4.69) is 15.2 Å². The third-order valence-electron chi connectivity index (χ3n) is 4.38. The largest absolute Gasteiger partial charge is 0.337 e. The number of nitrogens with zero attached hydrogens (tertiary/aromatic N) is 5. The van der Waals surface area contributed by atoms with Crippen molar-refractivity contribution in [2.45, 2.75) is 37.6 Å². The normalized spacial score (nSPS) is 20.9. The quantitative estimate of drug-likeness (QED) is 0.839. The van der Waals surface area contributed by atoms with Crippen molar-refractivity contribution in [3.05, 3.63) is 39.9 Å². The summed E-state index contributed by atoms with van der Waals surface area (Å²) in [6.07, 6.45) is 3.88. The first kappa shape index (κ1) is 14.1. The lowest BCUT2D eigenvalue weighted by molar-refractivity contribution is 0.0701. The Morgan fingerprint density at radius 2 is 2.13 bits per heavy atom. The Morgan fingerprint density at radius 1 is 1.30 bits per heavy atom. The summed E-state index contributed by atoms with van der Waals surface area (Å²) in [7, 11) is 1.53. The van der Waals surface area contributed by atoms with Crippen LogP contribution in [0, 0.1) is 0 Å². The lowest BCUT2D eigenvalue weighted by Crippen LogP contribution is -2.33. The van der Waals surface area contributed by atoms with Gasteiger partial charge in [0.05, 0.1) is 0 Å². The molecule has 3 heterocycles. The number of rotatable bonds is 3. The number of likely N-dealkylation sites (tertiary alicyclic amines) is 1. The van der Waals surface area contributed by atoms with Crippen molar-refractivity contribution in [2.24, 2.45) is 7.05 Å². The van der Waals surface area contributed by atoms with Gasteiger partial charge in [0.2, 0.25) is 5.89 Å². The second-order valence-corrected chi connectivity index (χ2v) is 6.10. The molecule has 0 bridgehead atoms. The number of aromatic nitrogens is 4. The molecule has 1 saturated heterocycles. The van der Waals surface area contributed by atoms with Crippen molar-refractivity contribution in [2.75, 3.05) is 6.54 Å². The summed E-state index contributed by atoms with van der Waals surface area (Å²) in [5.74, 6) is 1.46. The predicted molar refractivity (Wildman–Crippen MR) is 78.8 cm³/mol. The fourth-order valence-corrected chi connectivity index (χ4v) is 2.92. The summed E-state index contributed by atoms with van der Waals surface area (Å²) < 4.78 is 6.54. The zero-order chi connectivity index (χ0) is 16.0. The molecule has 1 aliphatic heterocycles. The highest BCUT2D eigenvalue weighted by Gasteiger charge is 2.37. The van der Waals surface area contributed by atoms with Crippen LogP contribution in [0.3, 0.4) is 0 Å². The molecule has 1 aliphatic carbocycles. The highest BCUT2D eigenvalue weighted by molar-refractivity contribution is 5.92. The Morgan fingerprint density at radius 3 is 2.87 bits per heavy atom. The minimum absolute atomic E-state index is 0.207. The van der Waals surface area contributed by atoms with Crippen molar-refractivity contribution in [1.82, 2.24) is 24.8 Å². The van der Waals surface area contributed by atoms with Gasteiger partial charge < -0.3 is 9.42 Å². The van der Waals surface area contributed by atoms with Crippen LogP contribution < -0.4 is 5.56 Å². The van der Waals surface area contributed by atoms with Crippen LogP contribution in [0.1, 0.15) is 59.8 Å². The van der Waals surface area contributed by atoms with Crippen molar-refractivity contribution in [3.8, 4) is 0 Å². The maximum absolute atomic E-state index is 12.7. The number of hydrogen-bond donors (Lipinski definition) is 0. The molecule has 1 atom stereocenters. The first-order valence-electron chi connectivity index (χ1n) is 7.82. The van der Waals surface area contributed by atoms with Gasteiger partial charge in [0.1, 0.15) is 11.7 Å². The molecule has 0 N–H and O–H groups in total. The Kier molecular flexibility index (Phi) is 3.24. The molecule has 1 unspecified atom stereocenters. The number of amides is 1. The second kappa shape index (κ2) is 5.29. The molecule has 120 valence electrons. The van der Waals surface area contributed by atoms with Gasteiger partial charge in [-0.25, -0.2) is 4.68 Å². The lowest BCUT2D eigenvalue weighted by Gasteiger charge is -2.21. The molecule has 1 amide bonds. The van der Waals surface area contributed by atoms with E-state index < -0.39 is 0 Å². The smallest absolute Gasteiger partial charge is 0.274 e. The average Bonchev–Trinajstić information content (AvgIpc) is 3.09. The molecule has 0 aromatic carbocycles. The first-order valence-corrected chi connectivity index (χ1v) is 7.82.